The van der Waals surface area contributed by atoms with Crippen LogP contribution in [0.3, 0.4) is 0 Å². The van der Waals surface area contributed by atoms with Crippen LogP contribution in [-0.2, 0) is 6.32 Å². The van der Waals surface area contributed by atoms with E-state index in [1.54, 1.807) is 13.2 Å². The van der Waals surface area contributed by atoms with Gasteiger partial charge in [0.2, 0.25) is 0 Å². The van der Waals surface area contributed by atoms with Gasteiger partial charge < -0.3 is 9.84 Å². The van der Waals surface area contributed by atoms with Crippen LogP contribution in [0.5, 0.6) is 11.5 Å². The normalized spacial score (nSPS) is 29.6. The minimum Gasteiger partial charge on any atom is -0.507 e. The highest BCUT2D eigenvalue weighted by atomic mass is 16.5. The average Bonchev–Trinajstić information content (AvgIpc) is 3.36. The lowest BCUT2D eigenvalue weighted by molar-refractivity contribution is 0.0944. The number of hydrogen-bond acceptors (Lipinski definition) is 3. The van der Waals surface area contributed by atoms with Crippen LogP contribution in [0, 0.1) is 29.6 Å². The number of ether oxygens (including phenoxy) is 1. The summed E-state index contributed by atoms with van der Waals surface area (Å²) < 4.78 is 5.39. The fourth-order valence-electron chi connectivity index (χ4n) is 4.66. The van der Waals surface area contributed by atoms with Gasteiger partial charge in [0.15, 0.2) is 5.78 Å². The fraction of sp³-hybridized carbons (Fsp3) is 0.650. The number of Topliss-reactive ketones (excluding diaryl/α,β-unsaturated/α-hetero) is 1. The summed E-state index contributed by atoms with van der Waals surface area (Å²) in [5, 5.41) is 10.3. The summed E-state index contributed by atoms with van der Waals surface area (Å²) in [6.07, 6.45) is 5.22. The number of carbonyl (C=O) groups is 1. The molecule has 0 bridgehead atoms. The number of aromatic hydroxyl groups is 1. The summed E-state index contributed by atoms with van der Waals surface area (Å²) in [6.45, 7) is 4.65. The molecule has 130 valence electrons. The molecule has 0 spiro atoms. The van der Waals surface area contributed by atoms with Crippen molar-refractivity contribution < 1.29 is 14.6 Å². The first kappa shape index (κ1) is 17.4. The monoisotopic (exact) mass is 328 g/mol. The van der Waals surface area contributed by atoms with Crippen LogP contribution < -0.4 is 4.74 Å². The zero-order chi connectivity index (χ0) is 17.4. The number of carbonyl (C=O) groups excluding carboxylic acids is 1. The lowest BCUT2D eigenvalue weighted by Crippen LogP contribution is -2.15. The Bertz CT molecular complexity index is 624. The fourth-order valence-corrected chi connectivity index (χ4v) is 4.66. The summed E-state index contributed by atoms with van der Waals surface area (Å²) in [5.41, 5.74) is 1.35. The lowest BCUT2D eigenvalue weighted by Gasteiger charge is -2.19. The molecule has 0 amide bonds. The molecule has 4 unspecified atom stereocenters. The van der Waals surface area contributed by atoms with Crippen molar-refractivity contribution >= 4 is 13.6 Å². The molecule has 2 saturated carbocycles. The van der Waals surface area contributed by atoms with Gasteiger partial charge in [-0.05, 0) is 66.5 Å². The Labute approximate surface area is 146 Å². The first-order valence-corrected chi connectivity index (χ1v) is 9.39. The van der Waals surface area contributed by atoms with Crippen LogP contribution in [0.4, 0.5) is 0 Å². The summed E-state index contributed by atoms with van der Waals surface area (Å²) in [7, 11) is 3.59. The van der Waals surface area contributed by atoms with Crippen molar-refractivity contribution in [2.24, 2.45) is 29.6 Å². The van der Waals surface area contributed by atoms with E-state index in [0.717, 1.165) is 30.1 Å². The van der Waals surface area contributed by atoms with E-state index in [1.807, 2.05) is 13.9 Å². The molecule has 24 heavy (non-hydrogen) atoms. The second-order valence-corrected chi connectivity index (χ2v) is 7.89. The molecule has 2 aliphatic carbocycles. The quantitative estimate of drug-likeness (QED) is 0.643. The lowest BCUT2D eigenvalue weighted by atomic mass is 9.86. The molecule has 0 aliphatic heterocycles. The highest BCUT2D eigenvalue weighted by molar-refractivity contribution is 6.08. The standard InChI is InChI=1S/C20H29BO3/c1-11-12(2)16(14-4-5-14)8-15(11)9-18(23)20-17(22)6-13(10-21)7-19(20)24-3/h6-7,11-12,14-16,22H,4-5,8-10,21H2,1-3H3. The zero-order valence-corrected chi connectivity index (χ0v) is 15.3. The zero-order valence-electron chi connectivity index (χ0n) is 15.3. The third kappa shape index (κ3) is 3.20. The number of phenolic OH excluding ortho intramolecular Hbond substituents is 1. The molecule has 1 aromatic carbocycles. The van der Waals surface area contributed by atoms with E-state index in [-0.39, 0.29) is 11.5 Å². The molecule has 2 aliphatic rings. The Balaban J connectivity index is 1.77. The van der Waals surface area contributed by atoms with E-state index in [4.69, 9.17) is 4.74 Å². The Morgan fingerprint density at radius 2 is 2.00 bits per heavy atom. The number of hydrogen-bond donors (Lipinski definition) is 1. The molecular weight excluding hydrogens is 299 g/mol. The van der Waals surface area contributed by atoms with Gasteiger partial charge in [-0.25, -0.2) is 0 Å². The van der Waals surface area contributed by atoms with E-state index in [1.165, 1.54) is 12.8 Å². The third-order valence-electron chi connectivity index (χ3n) is 6.55. The number of benzene rings is 1. The van der Waals surface area contributed by atoms with Crippen molar-refractivity contribution in [3.8, 4) is 11.5 Å². The van der Waals surface area contributed by atoms with Gasteiger partial charge in [0, 0.05) is 6.42 Å². The van der Waals surface area contributed by atoms with E-state index in [2.05, 4.69) is 13.8 Å². The average molecular weight is 328 g/mol. The van der Waals surface area contributed by atoms with Gasteiger partial charge >= 0.3 is 0 Å². The molecule has 0 radical (unpaired) electrons. The predicted molar refractivity (Wildman–Crippen MR) is 98.5 cm³/mol. The molecule has 2 fully saturated rings. The molecule has 4 atom stereocenters. The molecule has 4 heteroatoms. The van der Waals surface area contributed by atoms with Gasteiger partial charge in [-0.1, -0.05) is 20.2 Å². The van der Waals surface area contributed by atoms with Gasteiger partial charge in [-0.2, -0.15) is 0 Å². The molecule has 3 nitrogen and oxygen atoms in total. The smallest absolute Gasteiger partial charge is 0.170 e. The minimum atomic E-state index is 0.0208. The predicted octanol–water partition coefficient (Wildman–Crippen LogP) is 3.43. The van der Waals surface area contributed by atoms with E-state index >= 15 is 0 Å². The van der Waals surface area contributed by atoms with Crippen molar-refractivity contribution in [1.29, 1.82) is 0 Å². The number of methoxy groups -OCH3 is 1. The summed E-state index contributed by atoms with van der Waals surface area (Å²) >= 11 is 0. The molecular formula is C20H29BO3. The largest absolute Gasteiger partial charge is 0.507 e. The van der Waals surface area contributed by atoms with Gasteiger partial charge in [-0.15, -0.1) is 0 Å². The third-order valence-corrected chi connectivity index (χ3v) is 6.55. The topological polar surface area (TPSA) is 46.5 Å². The SMILES string of the molecule is BCc1cc(O)c(C(=O)CC2CC(C3CC3)C(C)C2C)c(OC)c1. The van der Waals surface area contributed by atoms with Crippen LogP contribution in [0.2, 0.25) is 0 Å². The van der Waals surface area contributed by atoms with Gasteiger partial charge in [-0.3, -0.25) is 4.79 Å². The van der Waals surface area contributed by atoms with Crippen LogP contribution in [-0.4, -0.2) is 25.8 Å². The number of ketones is 1. The molecule has 1 N–H and O–H groups in total. The second kappa shape index (κ2) is 6.82. The Hall–Kier alpha value is -1.45. The summed E-state index contributed by atoms with van der Waals surface area (Å²) in [5.74, 6) is 3.98. The van der Waals surface area contributed by atoms with Crippen molar-refractivity contribution in [3.63, 3.8) is 0 Å². The summed E-state index contributed by atoms with van der Waals surface area (Å²) in [4.78, 5) is 12.9. The van der Waals surface area contributed by atoms with E-state index in [9.17, 15) is 9.90 Å². The molecule has 1 aromatic rings. The van der Waals surface area contributed by atoms with Crippen LogP contribution in [0.25, 0.3) is 0 Å². The van der Waals surface area contributed by atoms with Crippen molar-refractivity contribution in [2.75, 3.05) is 7.11 Å². The van der Waals surface area contributed by atoms with Crippen molar-refractivity contribution in [2.45, 2.75) is 45.9 Å². The van der Waals surface area contributed by atoms with E-state index < -0.39 is 0 Å². The summed E-state index contributed by atoms with van der Waals surface area (Å²) in [6, 6.07) is 3.57. The maximum atomic E-state index is 12.9. The van der Waals surface area contributed by atoms with Gasteiger partial charge in [0.05, 0.1) is 7.11 Å². The van der Waals surface area contributed by atoms with Crippen LogP contribution in [0.15, 0.2) is 12.1 Å². The Morgan fingerprint density at radius 3 is 2.58 bits per heavy atom. The first-order chi connectivity index (χ1) is 11.5. The maximum Gasteiger partial charge on any atom is 0.170 e. The molecule has 0 saturated heterocycles. The first-order valence-electron chi connectivity index (χ1n) is 9.39. The second-order valence-electron chi connectivity index (χ2n) is 7.89. The highest BCUT2D eigenvalue weighted by Crippen LogP contribution is 2.53. The number of phenols is 1. The van der Waals surface area contributed by atoms with Crippen LogP contribution in [0.1, 0.15) is 55.5 Å². The van der Waals surface area contributed by atoms with Crippen molar-refractivity contribution in [3.05, 3.63) is 23.3 Å². The molecule has 0 aromatic heterocycles. The molecule has 0 heterocycles. The Kier molecular flexibility index (Phi) is 4.94. The Morgan fingerprint density at radius 1 is 1.29 bits per heavy atom. The highest BCUT2D eigenvalue weighted by Gasteiger charge is 2.45. The van der Waals surface area contributed by atoms with E-state index in [0.29, 0.717) is 35.5 Å². The maximum absolute atomic E-state index is 12.9. The van der Waals surface area contributed by atoms with Gasteiger partial charge in [0.1, 0.15) is 24.9 Å². The molecule has 3 rings (SSSR count). The van der Waals surface area contributed by atoms with Crippen molar-refractivity contribution in [1.82, 2.24) is 0 Å². The minimum absolute atomic E-state index is 0.0208. The number of rotatable bonds is 6. The van der Waals surface area contributed by atoms with Crippen LogP contribution >= 0.6 is 0 Å². The van der Waals surface area contributed by atoms with Gasteiger partial charge in [0.25, 0.3) is 0 Å².